The molecule has 172 valence electrons. The summed E-state index contributed by atoms with van der Waals surface area (Å²) in [4.78, 5) is 9.50. The molecule has 1 aliphatic rings. The fourth-order valence-electron chi connectivity index (χ4n) is 3.54. The molecular formula is C23H36IN5O2. The first-order valence-electron chi connectivity index (χ1n) is 10.8. The summed E-state index contributed by atoms with van der Waals surface area (Å²) in [5.74, 6) is 1.84. The van der Waals surface area contributed by atoms with Gasteiger partial charge >= 0.3 is 0 Å². The zero-order valence-corrected chi connectivity index (χ0v) is 21.0. The van der Waals surface area contributed by atoms with E-state index in [1.165, 1.54) is 11.1 Å². The third-order valence-electron chi connectivity index (χ3n) is 5.14. The lowest BCUT2D eigenvalue weighted by molar-refractivity contribution is 0.0389. The first-order chi connectivity index (χ1) is 14.7. The SMILES string of the molecule is CCNC(=NCc1ccccc1CN(C)Cc1ccco1)NCCN1CCOCC1.I. The van der Waals surface area contributed by atoms with Crippen molar-refractivity contribution < 1.29 is 9.15 Å². The van der Waals surface area contributed by atoms with Crippen molar-refractivity contribution in [2.24, 2.45) is 4.99 Å². The maximum Gasteiger partial charge on any atom is 0.191 e. The Morgan fingerprint density at radius 3 is 2.55 bits per heavy atom. The van der Waals surface area contributed by atoms with Crippen LogP contribution in [-0.2, 0) is 24.4 Å². The third-order valence-corrected chi connectivity index (χ3v) is 5.14. The molecule has 2 N–H and O–H groups in total. The monoisotopic (exact) mass is 541 g/mol. The summed E-state index contributed by atoms with van der Waals surface area (Å²) in [6.45, 7) is 10.8. The lowest BCUT2D eigenvalue weighted by Gasteiger charge is -2.26. The van der Waals surface area contributed by atoms with Crippen LogP contribution in [0.15, 0.2) is 52.1 Å². The highest BCUT2D eigenvalue weighted by Crippen LogP contribution is 2.14. The number of hydrogen-bond donors (Lipinski definition) is 2. The summed E-state index contributed by atoms with van der Waals surface area (Å²) in [6.07, 6.45) is 1.72. The quantitative estimate of drug-likeness (QED) is 0.274. The van der Waals surface area contributed by atoms with Crippen LogP contribution in [0.4, 0.5) is 0 Å². The minimum absolute atomic E-state index is 0. The van der Waals surface area contributed by atoms with Crippen LogP contribution in [0.3, 0.4) is 0 Å². The van der Waals surface area contributed by atoms with Gasteiger partial charge in [-0.15, -0.1) is 24.0 Å². The van der Waals surface area contributed by atoms with E-state index >= 15 is 0 Å². The van der Waals surface area contributed by atoms with Crippen molar-refractivity contribution in [3.8, 4) is 0 Å². The number of furan rings is 1. The van der Waals surface area contributed by atoms with E-state index in [-0.39, 0.29) is 24.0 Å². The van der Waals surface area contributed by atoms with Gasteiger partial charge in [-0.3, -0.25) is 9.80 Å². The number of aliphatic imine (C=N–C) groups is 1. The van der Waals surface area contributed by atoms with Crippen molar-refractivity contribution in [3.63, 3.8) is 0 Å². The topological polar surface area (TPSA) is 65.3 Å². The predicted octanol–water partition coefficient (Wildman–Crippen LogP) is 2.92. The smallest absolute Gasteiger partial charge is 0.191 e. The Hall–Kier alpha value is -1.62. The first-order valence-corrected chi connectivity index (χ1v) is 10.8. The summed E-state index contributed by atoms with van der Waals surface area (Å²) in [5, 5.41) is 6.82. The summed E-state index contributed by atoms with van der Waals surface area (Å²) in [5.41, 5.74) is 2.54. The predicted molar refractivity (Wildman–Crippen MR) is 136 cm³/mol. The van der Waals surface area contributed by atoms with Crippen LogP contribution in [0.1, 0.15) is 23.8 Å². The molecule has 1 aromatic heterocycles. The average Bonchev–Trinajstić information content (AvgIpc) is 3.26. The van der Waals surface area contributed by atoms with Crippen molar-refractivity contribution in [3.05, 3.63) is 59.5 Å². The van der Waals surface area contributed by atoms with Gasteiger partial charge in [-0.1, -0.05) is 24.3 Å². The molecule has 1 saturated heterocycles. The lowest BCUT2D eigenvalue weighted by Crippen LogP contribution is -2.44. The van der Waals surface area contributed by atoms with Crippen LogP contribution in [-0.4, -0.2) is 68.7 Å². The normalized spacial score (nSPS) is 15.0. The van der Waals surface area contributed by atoms with E-state index in [1.807, 2.05) is 12.1 Å². The van der Waals surface area contributed by atoms with E-state index in [1.54, 1.807) is 6.26 Å². The van der Waals surface area contributed by atoms with Gasteiger partial charge in [0.2, 0.25) is 0 Å². The molecule has 0 amide bonds. The lowest BCUT2D eigenvalue weighted by atomic mass is 10.1. The van der Waals surface area contributed by atoms with E-state index in [9.17, 15) is 0 Å². The molecule has 31 heavy (non-hydrogen) atoms. The fourth-order valence-corrected chi connectivity index (χ4v) is 3.54. The summed E-state index contributed by atoms with van der Waals surface area (Å²) >= 11 is 0. The van der Waals surface area contributed by atoms with Gasteiger partial charge in [-0.25, -0.2) is 4.99 Å². The number of rotatable bonds is 10. The van der Waals surface area contributed by atoms with Gasteiger partial charge < -0.3 is 19.8 Å². The first kappa shape index (κ1) is 25.6. The highest BCUT2D eigenvalue weighted by atomic mass is 127. The van der Waals surface area contributed by atoms with Crippen molar-refractivity contribution in [2.75, 3.05) is 53.0 Å². The van der Waals surface area contributed by atoms with E-state index < -0.39 is 0 Å². The number of guanidine groups is 1. The molecule has 0 aliphatic carbocycles. The van der Waals surface area contributed by atoms with E-state index in [2.05, 4.69) is 58.7 Å². The summed E-state index contributed by atoms with van der Waals surface area (Å²) < 4.78 is 10.9. The molecule has 0 bridgehead atoms. The fraction of sp³-hybridized carbons (Fsp3) is 0.522. The minimum atomic E-state index is 0. The molecule has 0 saturated carbocycles. The molecule has 2 heterocycles. The van der Waals surface area contributed by atoms with Crippen molar-refractivity contribution in [2.45, 2.75) is 26.6 Å². The van der Waals surface area contributed by atoms with E-state index in [0.717, 1.165) is 70.7 Å². The second-order valence-corrected chi connectivity index (χ2v) is 7.60. The Morgan fingerprint density at radius 2 is 1.84 bits per heavy atom. The van der Waals surface area contributed by atoms with Gasteiger partial charge in [0.15, 0.2) is 5.96 Å². The maximum atomic E-state index is 5.47. The van der Waals surface area contributed by atoms with Crippen LogP contribution in [0.25, 0.3) is 0 Å². The van der Waals surface area contributed by atoms with Crippen LogP contribution in [0.2, 0.25) is 0 Å². The summed E-state index contributed by atoms with van der Waals surface area (Å²) in [7, 11) is 2.11. The number of morpholine rings is 1. The molecule has 1 aliphatic heterocycles. The molecule has 0 radical (unpaired) electrons. The van der Waals surface area contributed by atoms with Crippen LogP contribution in [0.5, 0.6) is 0 Å². The Morgan fingerprint density at radius 1 is 1.06 bits per heavy atom. The Bertz CT molecular complexity index is 763. The van der Waals surface area contributed by atoms with Crippen LogP contribution < -0.4 is 10.6 Å². The van der Waals surface area contributed by atoms with Crippen LogP contribution >= 0.6 is 24.0 Å². The number of halogens is 1. The second kappa shape index (κ2) is 14.4. The maximum absolute atomic E-state index is 5.47. The highest BCUT2D eigenvalue weighted by Gasteiger charge is 2.10. The molecule has 3 rings (SSSR count). The molecule has 2 aromatic rings. The molecule has 7 nitrogen and oxygen atoms in total. The largest absolute Gasteiger partial charge is 0.468 e. The van der Waals surface area contributed by atoms with Gasteiger partial charge in [0, 0.05) is 39.3 Å². The van der Waals surface area contributed by atoms with E-state index in [0.29, 0.717) is 6.54 Å². The average molecular weight is 541 g/mol. The molecule has 8 heteroatoms. The van der Waals surface area contributed by atoms with Crippen LogP contribution in [0, 0.1) is 0 Å². The Labute approximate surface area is 203 Å². The number of ether oxygens (including phenoxy) is 1. The molecule has 0 atom stereocenters. The van der Waals surface area contributed by atoms with Crippen molar-refractivity contribution in [1.29, 1.82) is 0 Å². The molecule has 1 fully saturated rings. The molecular weight excluding hydrogens is 505 g/mol. The highest BCUT2D eigenvalue weighted by molar-refractivity contribution is 14.0. The zero-order chi connectivity index (χ0) is 21.0. The Balaban J connectivity index is 0.00000341. The third kappa shape index (κ3) is 9.18. The number of hydrogen-bond acceptors (Lipinski definition) is 5. The van der Waals surface area contributed by atoms with Gasteiger partial charge in [-0.05, 0) is 37.2 Å². The Kier molecular flexibility index (Phi) is 11.9. The van der Waals surface area contributed by atoms with Crippen molar-refractivity contribution in [1.82, 2.24) is 20.4 Å². The van der Waals surface area contributed by atoms with Crippen molar-refractivity contribution >= 4 is 29.9 Å². The molecule has 0 spiro atoms. The van der Waals surface area contributed by atoms with E-state index in [4.69, 9.17) is 14.1 Å². The second-order valence-electron chi connectivity index (χ2n) is 7.60. The summed E-state index contributed by atoms with van der Waals surface area (Å²) in [6, 6.07) is 12.5. The van der Waals surface area contributed by atoms with Gasteiger partial charge in [0.05, 0.1) is 32.6 Å². The minimum Gasteiger partial charge on any atom is -0.468 e. The number of nitrogens with one attached hydrogen (secondary N) is 2. The molecule has 0 unspecified atom stereocenters. The number of nitrogens with zero attached hydrogens (tertiary/aromatic N) is 3. The van der Waals surface area contributed by atoms with Gasteiger partial charge in [0.25, 0.3) is 0 Å². The van der Waals surface area contributed by atoms with Gasteiger partial charge in [0.1, 0.15) is 5.76 Å². The zero-order valence-electron chi connectivity index (χ0n) is 18.7. The molecule has 1 aromatic carbocycles. The number of benzene rings is 1. The van der Waals surface area contributed by atoms with Gasteiger partial charge in [-0.2, -0.15) is 0 Å². The standard InChI is InChI=1S/C23H35N5O2.HI/c1-3-24-23(25-10-11-28-12-15-29-16-13-28)26-17-20-7-4-5-8-21(20)18-27(2)19-22-9-6-14-30-22;/h4-9,14H,3,10-13,15-19H2,1-2H3,(H2,24,25,26);1H.